The molecule has 104 valence electrons. The Morgan fingerprint density at radius 2 is 2.32 bits per heavy atom. The van der Waals surface area contributed by atoms with Crippen molar-refractivity contribution in [3.63, 3.8) is 0 Å². The van der Waals surface area contributed by atoms with Crippen molar-refractivity contribution in [2.24, 2.45) is 0 Å². The number of carboxylic acids is 1. The van der Waals surface area contributed by atoms with Gasteiger partial charge in [0.15, 0.2) is 0 Å². The fraction of sp³-hybridized carbons (Fsp3) is 0.455. The predicted octanol–water partition coefficient (Wildman–Crippen LogP) is 1.49. The van der Waals surface area contributed by atoms with E-state index in [-0.39, 0.29) is 18.1 Å². The van der Waals surface area contributed by atoms with Crippen LogP contribution in [0.25, 0.3) is 0 Å². The summed E-state index contributed by atoms with van der Waals surface area (Å²) in [6.07, 6.45) is 0.543. The Kier molecular flexibility index (Phi) is 5.19. The normalized spacial score (nSPS) is 11.9. The maximum Gasteiger partial charge on any atom is 0.341 e. The molecular weight excluding hydrogens is 256 g/mol. The fourth-order valence-corrected chi connectivity index (χ4v) is 1.30. The highest BCUT2D eigenvalue weighted by molar-refractivity contribution is 5.90. The lowest BCUT2D eigenvalue weighted by molar-refractivity contribution is -0.385. The molecule has 0 aliphatic rings. The molecule has 1 N–H and O–H groups in total. The number of nitro groups is 1. The smallest absolute Gasteiger partial charge is 0.341 e. The molecule has 1 unspecified atom stereocenters. The Morgan fingerprint density at radius 1 is 1.63 bits per heavy atom. The molecule has 8 heteroatoms. The molecular formula is C11H14N2O6. The lowest BCUT2D eigenvalue weighted by atomic mass is 10.2. The van der Waals surface area contributed by atoms with Crippen molar-refractivity contribution in [1.82, 2.24) is 4.98 Å². The molecule has 0 radical (unpaired) electrons. The number of rotatable bonds is 7. The average Bonchev–Trinajstić information content (AvgIpc) is 2.36. The van der Waals surface area contributed by atoms with E-state index in [0.29, 0.717) is 6.61 Å². The van der Waals surface area contributed by atoms with Crippen LogP contribution in [0.5, 0.6) is 5.88 Å². The van der Waals surface area contributed by atoms with Gasteiger partial charge in [0, 0.05) is 12.7 Å². The first kappa shape index (κ1) is 14.8. The van der Waals surface area contributed by atoms with E-state index in [1.807, 2.05) is 6.92 Å². The van der Waals surface area contributed by atoms with Crippen LogP contribution in [0, 0.1) is 10.1 Å². The van der Waals surface area contributed by atoms with E-state index in [9.17, 15) is 14.9 Å². The number of carbonyl (C=O) groups is 1. The number of ether oxygens (including phenoxy) is 2. The van der Waals surface area contributed by atoms with E-state index < -0.39 is 22.7 Å². The zero-order valence-electron chi connectivity index (χ0n) is 10.5. The van der Waals surface area contributed by atoms with Crippen molar-refractivity contribution < 1.29 is 24.3 Å². The van der Waals surface area contributed by atoms with Crippen molar-refractivity contribution in [2.45, 2.75) is 20.0 Å². The molecule has 0 spiro atoms. The Bertz CT molecular complexity index is 476. The third-order valence-corrected chi connectivity index (χ3v) is 2.15. The second-order valence-corrected chi connectivity index (χ2v) is 3.70. The molecule has 0 fully saturated rings. The van der Waals surface area contributed by atoms with Gasteiger partial charge in [-0.2, -0.15) is 0 Å². The monoisotopic (exact) mass is 270 g/mol. The first-order valence-corrected chi connectivity index (χ1v) is 5.57. The molecule has 0 saturated carbocycles. The van der Waals surface area contributed by atoms with Crippen LogP contribution in [0.1, 0.15) is 24.2 Å². The summed E-state index contributed by atoms with van der Waals surface area (Å²) in [7, 11) is 0. The summed E-state index contributed by atoms with van der Waals surface area (Å²) in [5.74, 6) is -1.50. The Hall–Kier alpha value is -2.22. The van der Waals surface area contributed by atoms with Crippen LogP contribution in [-0.2, 0) is 4.74 Å². The minimum absolute atomic E-state index is 0.162. The highest BCUT2D eigenvalue weighted by Gasteiger charge is 2.20. The van der Waals surface area contributed by atoms with E-state index in [2.05, 4.69) is 4.98 Å². The third kappa shape index (κ3) is 4.18. The molecule has 19 heavy (non-hydrogen) atoms. The third-order valence-electron chi connectivity index (χ3n) is 2.15. The molecule has 0 aliphatic heterocycles. The molecule has 0 saturated heterocycles. The first-order valence-electron chi connectivity index (χ1n) is 5.57. The highest BCUT2D eigenvalue weighted by atomic mass is 16.6. The topological polar surface area (TPSA) is 112 Å². The Morgan fingerprint density at radius 3 is 2.84 bits per heavy atom. The summed E-state index contributed by atoms with van der Waals surface area (Å²) >= 11 is 0. The zero-order chi connectivity index (χ0) is 14.4. The van der Waals surface area contributed by atoms with Gasteiger partial charge in [0.2, 0.25) is 5.88 Å². The largest absolute Gasteiger partial charge is 0.477 e. The average molecular weight is 270 g/mol. The summed E-state index contributed by atoms with van der Waals surface area (Å²) in [4.78, 5) is 24.5. The second-order valence-electron chi connectivity index (χ2n) is 3.70. The lowest BCUT2D eigenvalue weighted by Crippen LogP contribution is -2.21. The number of nitrogens with zero attached hydrogens (tertiary/aromatic N) is 2. The Balaban J connectivity index is 2.94. The minimum Gasteiger partial charge on any atom is -0.477 e. The molecule has 1 aromatic rings. The summed E-state index contributed by atoms with van der Waals surface area (Å²) in [6.45, 7) is 4.28. The SMILES string of the molecule is CCOCC(C)Oc1ncc([N+](=O)[O-])cc1C(=O)O. The quantitative estimate of drug-likeness (QED) is 0.590. The van der Waals surface area contributed by atoms with Gasteiger partial charge in [-0.1, -0.05) is 0 Å². The molecule has 1 heterocycles. The van der Waals surface area contributed by atoms with Gasteiger partial charge >= 0.3 is 5.97 Å². The van der Waals surface area contributed by atoms with Gasteiger partial charge in [-0.15, -0.1) is 0 Å². The van der Waals surface area contributed by atoms with Crippen LogP contribution in [0.2, 0.25) is 0 Å². The van der Waals surface area contributed by atoms with E-state index >= 15 is 0 Å². The van der Waals surface area contributed by atoms with Crippen LogP contribution < -0.4 is 4.74 Å². The molecule has 1 aromatic heterocycles. The van der Waals surface area contributed by atoms with Gasteiger partial charge in [-0.05, 0) is 13.8 Å². The summed E-state index contributed by atoms with van der Waals surface area (Å²) in [5.41, 5.74) is -0.750. The summed E-state index contributed by atoms with van der Waals surface area (Å²) in [6, 6.07) is 0.915. The summed E-state index contributed by atoms with van der Waals surface area (Å²) < 4.78 is 10.4. The number of aromatic carboxylic acids is 1. The molecule has 0 bridgehead atoms. The highest BCUT2D eigenvalue weighted by Crippen LogP contribution is 2.22. The van der Waals surface area contributed by atoms with Crippen LogP contribution in [-0.4, -0.2) is 40.3 Å². The van der Waals surface area contributed by atoms with Gasteiger partial charge in [0.1, 0.15) is 17.9 Å². The first-order chi connectivity index (χ1) is 8.95. The van der Waals surface area contributed by atoms with Crippen LogP contribution in [0.4, 0.5) is 5.69 Å². The summed E-state index contributed by atoms with van der Waals surface area (Å²) in [5, 5.41) is 19.5. The standard InChI is InChI=1S/C11H14N2O6/c1-3-18-6-7(2)19-10-9(11(14)15)4-8(5-12-10)13(16)17/h4-5,7H,3,6H2,1-2H3,(H,14,15). The second kappa shape index (κ2) is 6.64. The fourth-order valence-electron chi connectivity index (χ4n) is 1.30. The van der Waals surface area contributed by atoms with E-state index in [1.165, 1.54) is 0 Å². The number of hydrogen-bond donors (Lipinski definition) is 1. The number of hydrogen-bond acceptors (Lipinski definition) is 6. The van der Waals surface area contributed by atoms with E-state index in [0.717, 1.165) is 12.3 Å². The number of carboxylic acid groups (broad SMARTS) is 1. The maximum absolute atomic E-state index is 11.0. The van der Waals surface area contributed by atoms with Gasteiger partial charge < -0.3 is 14.6 Å². The van der Waals surface area contributed by atoms with Crippen LogP contribution in [0.3, 0.4) is 0 Å². The molecule has 0 aromatic carbocycles. The van der Waals surface area contributed by atoms with Crippen LogP contribution >= 0.6 is 0 Å². The van der Waals surface area contributed by atoms with Crippen molar-refractivity contribution in [1.29, 1.82) is 0 Å². The van der Waals surface area contributed by atoms with Gasteiger partial charge in [-0.3, -0.25) is 10.1 Å². The molecule has 8 nitrogen and oxygen atoms in total. The van der Waals surface area contributed by atoms with Crippen molar-refractivity contribution >= 4 is 11.7 Å². The number of aromatic nitrogens is 1. The van der Waals surface area contributed by atoms with Gasteiger partial charge in [-0.25, -0.2) is 9.78 Å². The van der Waals surface area contributed by atoms with E-state index in [4.69, 9.17) is 14.6 Å². The lowest BCUT2D eigenvalue weighted by Gasteiger charge is -2.14. The molecule has 1 atom stereocenters. The Labute approximate surface area is 109 Å². The van der Waals surface area contributed by atoms with Crippen LogP contribution in [0.15, 0.2) is 12.3 Å². The van der Waals surface area contributed by atoms with Crippen molar-refractivity contribution in [3.8, 4) is 5.88 Å². The van der Waals surface area contributed by atoms with Crippen molar-refractivity contribution in [3.05, 3.63) is 27.9 Å². The van der Waals surface area contributed by atoms with Gasteiger partial charge in [0.05, 0.1) is 11.5 Å². The minimum atomic E-state index is -1.34. The van der Waals surface area contributed by atoms with E-state index in [1.54, 1.807) is 6.92 Å². The zero-order valence-corrected chi connectivity index (χ0v) is 10.5. The molecule has 1 rings (SSSR count). The van der Waals surface area contributed by atoms with Crippen molar-refractivity contribution in [2.75, 3.05) is 13.2 Å². The van der Waals surface area contributed by atoms with Gasteiger partial charge in [0.25, 0.3) is 5.69 Å². The maximum atomic E-state index is 11.0. The molecule has 0 aliphatic carbocycles. The predicted molar refractivity (Wildman–Crippen MR) is 64.4 cm³/mol. The molecule has 0 amide bonds. The number of pyridine rings is 1.